The second-order valence-corrected chi connectivity index (χ2v) is 5.21. The minimum Gasteiger partial charge on any atom is -0.322 e. The molecule has 5 nitrogen and oxygen atoms in total. The highest BCUT2D eigenvalue weighted by atomic mass is 19.1. The Labute approximate surface area is 109 Å². The summed E-state index contributed by atoms with van der Waals surface area (Å²) in [6, 6.07) is 6.13. The number of anilines is 2. The van der Waals surface area contributed by atoms with Crippen molar-refractivity contribution in [2.75, 3.05) is 5.32 Å². The maximum atomic E-state index is 13.4. The minimum atomic E-state index is -0.426. The van der Waals surface area contributed by atoms with E-state index >= 15 is 0 Å². The van der Waals surface area contributed by atoms with Crippen molar-refractivity contribution >= 4 is 11.6 Å². The summed E-state index contributed by atoms with van der Waals surface area (Å²) in [5.41, 5.74) is -0.152. The number of halogens is 1. The summed E-state index contributed by atoms with van der Waals surface area (Å²) in [5.74, 6) is -0.312. The number of para-hydroxylation sites is 1. The first kappa shape index (κ1) is 13.2. The number of nitrogens with one attached hydrogen (secondary N) is 2. The van der Waals surface area contributed by atoms with E-state index in [0.29, 0.717) is 5.69 Å². The fraction of sp³-hybridized carbons (Fsp3) is 0.308. The molecule has 0 aliphatic carbocycles. The van der Waals surface area contributed by atoms with Crippen LogP contribution < -0.4 is 10.9 Å². The Morgan fingerprint density at radius 1 is 1.21 bits per heavy atom. The summed E-state index contributed by atoms with van der Waals surface area (Å²) < 4.78 is 13.4. The Balaban J connectivity index is 2.32. The van der Waals surface area contributed by atoms with E-state index in [9.17, 15) is 9.18 Å². The lowest BCUT2D eigenvalue weighted by Gasteiger charge is -2.15. The topological polar surface area (TPSA) is 70.7 Å². The summed E-state index contributed by atoms with van der Waals surface area (Å²) in [7, 11) is 0. The van der Waals surface area contributed by atoms with Crippen LogP contribution in [0.2, 0.25) is 0 Å². The third kappa shape index (κ3) is 2.96. The fourth-order valence-corrected chi connectivity index (χ4v) is 1.57. The van der Waals surface area contributed by atoms with Gasteiger partial charge in [-0.05, 0) is 12.1 Å². The van der Waals surface area contributed by atoms with E-state index in [1.807, 2.05) is 20.8 Å². The van der Waals surface area contributed by atoms with Gasteiger partial charge in [0, 0.05) is 5.41 Å². The second-order valence-electron chi connectivity index (χ2n) is 5.21. The zero-order valence-corrected chi connectivity index (χ0v) is 11.0. The molecular formula is C13H15FN4O. The zero-order valence-electron chi connectivity index (χ0n) is 11.0. The predicted molar refractivity (Wildman–Crippen MR) is 71.0 cm³/mol. The SMILES string of the molecule is CC(C)(C)c1nnc(Nc2ccccc2F)[nH]c1=O. The van der Waals surface area contributed by atoms with Gasteiger partial charge in [-0.2, -0.15) is 0 Å². The first-order valence-electron chi connectivity index (χ1n) is 5.87. The lowest BCUT2D eigenvalue weighted by molar-refractivity contribution is 0.547. The molecule has 0 atom stereocenters. The van der Waals surface area contributed by atoms with E-state index in [1.54, 1.807) is 18.2 Å². The molecule has 0 saturated heterocycles. The van der Waals surface area contributed by atoms with Crippen LogP contribution >= 0.6 is 0 Å². The normalized spacial score (nSPS) is 11.4. The van der Waals surface area contributed by atoms with Crippen molar-refractivity contribution in [2.24, 2.45) is 0 Å². The molecule has 0 amide bonds. The molecule has 1 aromatic heterocycles. The summed E-state index contributed by atoms with van der Waals surface area (Å²) in [5, 5.41) is 10.4. The fourth-order valence-electron chi connectivity index (χ4n) is 1.57. The summed E-state index contributed by atoms with van der Waals surface area (Å²) in [6.07, 6.45) is 0. The molecule has 0 radical (unpaired) electrons. The monoisotopic (exact) mass is 262 g/mol. The highest BCUT2D eigenvalue weighted by Gasteiger charge is 2.20. The Bertz CT molecular complexity index is 646. The van der Waals surface area contributed by atoms with Gasteiger partial charge in [0.1, 0.15) is 11.5 Å². The van der Waals surface area contributed by atoms with Crippen LogP contribution in [0.3, 0.4) is 0 Å². The van der Waals surface area contributed by atoms with Crippen LogP contribution in [-0.2, 0) is 5.41 Å². The molecule has 1 heterocycles. The highest BCUT2D eigenvalue weighted by molar-refractivity contribution is 5.53. The van der Waals surface area contributed by atoms with Gasteiger partial charge in [0.05, 0.1) is 5.69 Å². The Hall–Kier alpha value is -2.24. The van der Waals surface area contributed by atoms with Gasteiger partial charge in [-0.15, -0.1) is 10.2 Å². The van der Waals surface area contributed by atoms with E-state index in [2.05, 4.69) is 20.5 Å². The lowest BCUT2D eigenvalue weighted by atomic mass is 9.93. The average Bonchev–Trinajstić information content (AvgIpc) is 2.30. The molecule has 0 saturated carbocycles. The molecule has 2 rings (SSSR count). The minimum absolute atomic E-state index is 0.114. The van der Waals surface area contributed by atoms with Crippen molar-refractivity contribution in [3.63, 3.8) is 0 Å². The molecular weight excluding hydrogens is 247 g/mol. The lowest BCUT2D eigenvalue weighted by Crippen LogP contribution is -2.28. The smallest absolute Gasteiger partial charge is 0.274 e. The number of aromatic amines is 1. The first-order valence-corrected chi connectivity index (χ1v) is 5.87. The van der Waals surface area contributed by atoms with Gasteiger partial charge in [-0.1, -0.05) is 32.9 Å². The highest BCUT2D eigenvalue weighted by Crippen LogP contribution is 2.17. The summed E-state index contributed by atoms with van der Waals surface area (Å²) >= 11 is 0. The Morgan fingerprint density at radius 3 is 2.47 bits per heavy atom. The van der Waals surface area contributed by atoms with Crippen molar-refractivity contribution in [1.29, 1.82) is 0 Å². The number of nitrogens with zero attached hydrogens (tertiary/aromatic N) is 2. The zero-order chi connectivity index (χ0) is 14.0. The van der Waals surface area contributed by atoms with Crippen LogP contribution in [0.1, 0.15) is 26.5 Å². The number of hydrogen-bond acceptors (Lipinski definition) is 4. The predicted octanol–water partition coefficient (Wildman–Crippen LogP) is 2.35. The van der Waals surface area contributed by atoms with Gasteiger partial charge in [0.25, 0.3) is 5.56 Å². The molecule has 0 aliphatic rings. The van der Waals surface area contributed by atoms with Crippen molar-refractivity contribution < 1.29 is 4.39 Å². The van der Waals surface area contributed by atoms with Crippen molar-refractivity contribution in [3.8, 4) is 0 Å². The molecule has 6 heteroatoms. The van der Waals surface area contributed by atoms with E-state index in [0.717, 1.165) is 0 Å². The van der Waals surface area contributed by atoms with Gasteiger partial charge in [0.2, 0.25) is 5.95 Å². The molecule has 100 valence electrons. The van der Waals surface area contributed by atoms with Crippen LogP contribution in [0.15, 0.2) is 29.1 Å². The Kier molecular flexibility index (Phi) is 3.33. The van der Waals surface area contributed by atoms with Gasteiger partial charge in [0.15, 0.2) is 0 Å². The van der Waals surface area contributed by atoms with E-state index in [1.165, 1.54) is 6.07 Å². The first-order chi connectivity index (χ1) is 8.88. The van der Waals surface area contributed by atoms with Gasteiger partial charge in [-0.25, -0.2) is 4.39 Å². The van der Waals surface area contributed by atoms with Crippen molar-refractivity contribution in [2.45, 2.75) is 26.2 Å². The average molecular weight is 262 g/mol. The van der Waals surface area contributed by atoms with Gasteiger partial charge < -0.3 is 5.32 Å². The van der Waals surface area contributed by atoms with Crippen LogP contribution in [0, 0.1) is 5.82 Å². The molecule has 2 N–H and O–H groups in total. The number of benzene rings is 1. The van der Waals surface area contributed by atoms with E-state index < -0.39 is 11.2 Å². The quantitative estimate of drug-likeness (QED) is 0.871. The molecule has 1 aromatic carbocycles. The number of aromatic nitrogens is 3. The Morgan fingerprint density at radius 2 is 1.89 bits per heavy atom. The van der Waals surface area contributed by atoms with Gasteiger partial charge in [-0.3, -0.25) is 9.78 Å². The van der Waals surface area contributed by atoms with Crippen molar-refractivity contribution in [3.05, 3.63) is 46.1 Å². The van der Waals surface area contributed by atoms with E-state index in [-0.39, 0.29) is 17.2 Å². The summed E-state index contributed by atoms with van der Waals surface area (Å²) in [4.78, 5) is 14.4. The van der Waals surface area contributed by atoms with Crippen LogP contribution in [0.4, 0.5) is 16.0 Å². The van der Waals surface area contributed by atoms with E-state index in [4.69, 9.17) is 0 Å². The molecule has 2 aromatic rings. The molecule has 0 bridgehead atoms. The maximum absolute atomic E-state index is 13.4. The molecule has 0 fully saturated rings. The standard InChI is InChI=1S/C13H15FN4O/c1-13(2,3)10-11(19)16-12(18-17-10)15-9-7-5-4-6-8(9)14/h4-7H,1-3H3,(H2,15,16,18,19). The maximum Gasteiger partial charge on any atom is 0.274 e. The largest absolute Gasteiger partial charge is 0.322 e. The molecule has 0 aliphatic heterocycles. The number of H-pyrrole nitrogens is 1. The third-order valence-corrected chi connectivity index (χ3v) is 2.53. The molecule has 0 spiro atoms. The third-order valence-electron chi connectivity index (χ3n) is 2.53. The number of hydrogen-bond donors (Lipinski definition) is 2. The van der Waals surface area contributed by atoms with Crippen LogP contribution in [-0.4, -0.2) is 15.2 Å². The van der Waals surface area contributed by atoms with Gasteiger partial charge >= 0.3 is 0 Å². The second kappa shape index (κ2) is 4.79. The van der Waals surface area contributed by atoms with Crippen LogP contribution in [0.5, 0.6) is 0 Å². The summed E-state index contributed by atoms with van der Waals surface area (Å²) in [6.45, 7) is 5.61. The van der Waals surface area contributed by atoms with Crippen LogP contribution in [0.25, 0.3) is 0 Å². The number of rotatable bonds is 2. The molecule has 0 unspecified atom stereocenters. The van der Waals surface area contributed by atoms with Crippen molar-refractivity contribution in [1.82, 2.24) is 15.2 Å². The molecule has 19 heavy (non-hydrogen) atoms.